The first-order valence-corrected chi connectivity index (χ1v) is 9.34. The fraction of sp³-hybridized carbons (Fsp3) is 0.889. The van der Waals surface area contributed by atoms with Crippen LogP contribution in [0.15, 0.2) is 0 Å². The number of amides is 1. The molecule has 1 unspecified atom stereocenters. The minimum atomic E-state index is -2.21. The van der Waals surface area contributed by atoms with Crippen molar-refractivity contribution >= 4 is 11.9 Å². The summed E-state index contributed by atoms with van der Waals surface area (Å²) in [6.07, 6.45) is -5.66. The number of hydrogen-bond acceptors (Lipinski definition) is 8. The molecule has 10 nitrogen and oxygen atoms in total. The normalized spacial score (nSPS) is 30.5. The molecule has 0 bridgehead atoms. The maximum atomic E-state index is 11.8. The Morgan fingerprint density at radius 2 is 1.93 bits per heavy atom. The van der Waals surface area contributed by atoms with Gasteiger partial charge in [0.15, 0.2) is 0 Å². The van der Waals surface area contributed by atoms with E-state index in [2.05, 4.69) is 5.32 Å². The van der Waals surface area contributed by atoms with Gasteiger partial charge in [0.05, 0.1) is 25.4 Å². The molecule has 6 N–H and O–H groups in total. The van der Waals surface area contributed by atoms with Crippen LogP contribution in [0.2, 0.25) is 0 Å². The summed E-state index contributed by atoms with van der Waals surface area (Å²) >= 11 is 0. The Kier molecular flexibility index (Phi) is 8.79. The molecular weight excluding hydrogens is 374 g/mol. The molecular formula is C18H33NO9. The van der Waals surface area contributed by atoms with Gasteiger partial charge in [-0.1, -0.05) is 27.7 Å². The van der Waals surface area contributed by atoms with Crippen LogP contribution in [-0.4, -0.2) is 87.4 Å². The predicted octanol–water partition coefficient (Wildman–Crippen LogP) is -1.16. The predicted molar refractivity (Wildman–Crippen MR) is 97.2 cm³/mol. The summed E-state index contributed by atoms with van der Waals surface area (Å²) in [7, 11) is 0. The van der Waals surface area contributed by atoms with E-state index in [1.165, 1.54) is 6.92 Å². The maximum absolute atomic E-state index is 11.8. The lowest BCUT2D eigenvalue weighted by atomic mass is 9.84. The first kappa shape index (κ1) is 24.7. The highest BCUT2D eigenvalue weighted by Crippen LogP contribution is 2.36. The number of aliphatic carboxylic acids is 1. The molecule has 1 rings (SSSR count). The molecule has 10 heteroatoms. The van der Waals surface area contributed by atoms with Crippen molar-refractivity contribution in [2.24, 2.45) is 11.3 Å². The number of carboxylic acid groups (broad SMARTS) is 1. The molecule has 1 heterocycles. The van der Waals surface area contributed by atoms with Crippen molar-refractivity contribution in [2.75, 3.05) is 19.8 Å². The SMILES string of the molecule is C[C@H]1C([C@H](O)[C@H](O)CO)O[C@@](OCCCNC(=O)C(C)(C)C)(C(=O)O)C[C@H]1O. The van der Waals surface area contributed by atoms with Crippen LogP contribution < -0.4 is 5.32 Å². The van der Waals surface area contributed by atoms with E-state index in [0.29, 0.717) is 6.42 Å². The largest absolute Gasteiger partial charge is 0.477 e. The van der Waals surface area contributed by atoms with Gasteiger partial charge in [0.2, 0.25) is 5.91 Å². The van der Waals surface area contributed by atoms with Gasteiger partial charge in [-0.15, -0.1) is 0 Å². The highest BCUT2D eigenvalue weighted by atomic mass is 16.7. The quantitative estimate of drug-likeness (QED) is 0.258. The summed E-state index contributed by atoms with van der Waals surface area (Å²) in [5.41, 5.74) is -0.549. The van der Waals surface area contributed by atoms with Crippen LogP contribution in [0.25, 0.3) is 0 Å². The number of rotatable bonds is 9. The molecule has 1 fully saturated rings. The Bertz CT molecular complexity index is 536. The first-order chi connectivity index (χ1) is 12.9. The van der Waals surface area contributed by atoms with Crippen molar-refractivity contribution in [1.29, 1.82) is 0 Å². The smallest absolute Gasteiger partial charge is 0.364 e. The lowest BCUT2D eigenvalue weighted by Gasteiger charge is -2.45. The van der Waals surface area contributed by atoms with Crippen LogP contribution in [0.4, 0.5) is 0 Å². The third-order valence-electron chi connectivity index (χ3n) is 4.80. The fourth-order valence-electron chi connectivity index (χ4n) is 2.83. The van der Waals surface area contributed by atoms with Gasteiger partial charge < -0.3 is 40.3 Å². The summed E-state index contributed by atoms with van der Waals surface area (Å²) < 4.78 is 10.9. The summed E-state index contributed by atoms with van der Waals surface area (Å²) in [4.78, 5) is 23.6. The molecule has 1 amide bonds. The van der Waals surface area contributed by atoms with Crippen LogP contribution in [0.1, 0.15) is 40.5 Å². The molecule has 1 aliphatic rings. The van der Waals surface area contributed by atoms with E-state index in [-0.39, 0.29) is 25.5 Å². The molecule has 0 aromatic carbocycles. The topological polar surface area (TPSA) is 166 Å². The summed E-state index contributed by atoms with van der Waals surface area (Å²) in [5, 5.41) is 51.4. The van der Waals surface area contributed by atoms with Crippen LogP contribution in [0.5, 0.6) is 0 Å². The zero-order valence-electron chi connectivity index (χ0n) is 16.8. The third-order valence-corrected chi connectivity index (χ3v) is 4.80. The minimum Gasteiger partial charge on any atom is -0.477 e. The van der Waals surface area contributed by atoms with Gasteiger partial charge in [0.1, 0.15) is 12.2 Å². The van der Waals surface area contributed by atoms with Gasteiger partial charge in [-0.3, -0.25) is 4.79 Å². The van der Waals surface area contributed by atoms with Crippen LogP contribution >= 0.6 is 0 Å². The molecule has 28 heavy (non-hydrogen) atoms. The summed E-state index contributed by atoms with van der Waals surface area (Å²) in [6.45, 7) is 6.27. The van der Waals surface area contributed by atoms with Crippen molar-refractivity contribution in [3.8, 4) is 0 Å². The maximum Gasteiger partial charge on any atom is 0.364 e. The molecule has 0 aliphatic carbocycles. The highest BCUT2D eigenvalue weighted by molar-refractivity contribution is 5.81. The molecule has 164 valence electrons. The second-order valence-corrected chi connectivity index (χ2v) is 8.22. The third kappa shape index (κ3) is 6.10. The first-order valence-electron chi connectivity index (χ1n) is 9.34. The number of ether oxygens (including phenoxy) is 2. The molecule has 0 spiro atoms. The Labute approximate surface area is 164 Å². The van der Waals surface area contributed by atoms with E-state index in [1.807, 2.05) is 0 Å². The van der Waals surface area contributed by atoms with Crippen LogP contribution in [-0.2, 0) is 19.1 Å². The van der Waals surface area contributed by atoms with Crippen molar-refractivity contribution in [3.63, 3.8) is 0 Å². The zero-order valence-corrected chi connectivity index (χ0v) is 16.8. The number of aliphatic hydroxyl groups excluding tert-OH is 4. The molecule has 0 saturated carbocycles. The Balaban J connectivity index is 2.75. The number of nitrogens with one attached hydrogen (secondary N) is 1. The van der Waals surface area contributed by atoms with Crippen molar-refractivity contribution in [1.82, 2.24) is 5.32 Å². The number of aliphatic hydroxyl groups is 4. The van der Waals surface area contributed by atoms with Gasteiger partial charge in [-0.25, -0.2) is 4.79 Å². The number of hydrogen-bond donors (Lipinski definition) is 6. The lowest BCUT2D eigenvalue weighted by molar-refractivity contribution is -0.317. The molecule has 0 aromatic heterocycles. The zero-order chi connectivity index (χ0) is 21.7. The van der Waals surface area contributed by atoms with E-state index < -0.39 is 54.1 Å². The van der Waals surface area contributed by atoms with Gasteiger partial charge >= 0.3 is 5.97 Å². The Morgan fingerprint density at radius 1 is 1.32 bits per heavy atom. The van der Waals surface area contributed by atoms with Crippen LogP contribution in [0, 0.1) is 11.3 Å². The highest BCUT2D eigenvalue weighted by Gasteiger charge is 2.54. The Hall–Kier alpha value is -1.30. The molecule has 1 saturated heterocycles. The molecule has 1 aliphatic heterocycles. The van der Waals surface area contributed by atoms with Crippen LogP contribution in [0.3, 0.4) is 0 Å². The summed E-state index contributed by atoms with van der Waals surface area (Å²) in [6, 6.07) is 0. The van der Waals surface area contributed by atoms with Gasteiger partial charge in [0.25, 0.3) is 5.79 Å². The van der Waals surface area contributed by atoms with E-state index in [0.717, 1.165) is 0 Å². The number of carbonyl (C=O) groups excluding carboxylic acids is 1. The second-order valence-electron chi connectivity index (χ2n) is 8.22. The molecule has 0 aromatic rings. The van der Waals surface area contributed by atoms with E-state index in [9.17, 15) is 30.0 Å². The lowest BCUT2D eigenvalue weighted by Crippen LogP contribution is -2.61. The average molecular weight is 407 g/mol. The van der Waals surface area contributed by atoms with E-state index in [1.54, 1.807) is 20.8 Å². The minimum absolute atomic E-state index is 0.0802. The monoisotopic (exact) mass is 407 g/mol. The van der Waals surface area contributed by atoms with Crippen molar-refractivity contribution < 1.29 is 44.6 Å². The number of carbonyl (C=O) groups is 2. The average Bonchev–Trinajstić information content (AvgIpc) is 2.61. The fourth-order valence-corrected chi connectivity index (χ4v) is 2.83. The van der Waals surface area contributed by atoms with Gasteiger partial charge in [-0.2, -0.15) is 0 Å². The summed E-state index contributed by atoms with van der Waals surface area (Å²) in [5.74, 6) is -4.54. The Morgan fingerprint density at radius 3 is 2.43 bits per heavy atom. The second kappa shape index (κ2) is 9.95. The van der Waals surface area contributed by atoms with Gasteiger partial charge in [0, 0.05) is 24.3 Å². The molecule has 0 radical (unpaired) electrons. The van der Waals surface area contributed by atoms with E-state index in [4.69, 9.17) is 14.6 Å². The molecule has 6 atom stereocenters. The number of carboxylic acids is 1. The standard InChI is InChI=1S/C18H33NO9/c1-10-11(21)8-18(16(25)26,28-14(10)13(23)12(22)9-20)27-7-5-6-19-15(24)17(2,3)4/h10-14,20-23H,5-9H2,1-4H3,(H,19,24)(H,25,26)/t10-,11-,12-,13-,14?,18-/m1/s1. The van der Waals surface area contributed by atoms with Crippen molar-refractivity contribution in [2.45, 2.75) is 70.7 Å². The van der Waals surface area contributed by atoms with Crippen molar-refractivity contribution in [3.05, 3.63) is 0 Å². The van der Waals surface area contributed by atoms with Gasteiger partial charge in [-0.05, 0) is 6.42 Å². The van der Waals surface area contributed by atoms with E-state index >= 15 is 0 Å².